The highest BCUT2D eigenvalue weighted by molar-refractivity contribution is 5.88. The molecule has 0 aliphatic carbocycles. The smallest absolute Gasteiger partial charge is 0.166 e. The first-order valence-corrected chi connectivity index (χ1v) is 9.60. The monoisotopic (exact) mass is 388 g/mol. The maximum Gasteiger partial charge on any atom is 0.166 e. The molecule has 3 rings (SSSR count). The van der Waals surface area contributed by atoms with Crippen molar-refractivity contribution in [2.75, 3.05) is 26.0 Å². The van der Waals surface area contributed by atoms with E-state index in [1.165, 1.54) is 0 Å². The van der Waals surface area contributed by atoms with E-state index >= 15 is 0 Å². The second kappa shape index (κ2) is 11.3. The first-order chi connectivity index (χ1) is 14.3. The summed E-state index contributed by atoms with van der Waals surface area (Å²) in [7, 11) is 3.49. The van der Waals surface area contributed by atoms with Gasteiger partial charge in [-0.05, 0) is 5.57 Å². The molecule has 3 aromatic rings. The van der Waals surface area contributed by atoms with Gasteiger partial charge in [0.1, 0.15) is 5.82 Å². The molecule has 0 unspecified atom stereocenters. The lowest BCUT2D eigenvalue weighted by molar-refractivity contribution is 0.937. The molecule has 0 fully saturated rings. The van der Waals surface area contributed by atoms with Crippen molar-refractivity contribution in [3.8, 4) is 11.3 Å². The molecule has 0 amide bonds. The number of benzene rings is 1. The molecule has 0 aliphatic heterocycles. The lowest BCUT2D eigenvalue weighted by Gasteiger charge is -2.11. The predicted octanol–water partition coefficient (Wildman–Crippen LogP) is 4.70. The van der Waals surface area contributed by atoms with Crippen LogP contribution < -0.4 is 5.32 Å². The van der Waals surface area contributed by atoms with Crippen LogP contribution in [0.4, 0.5) is 5.82 Å². The molecule has 2 aromatic heterocycles. The van der Waals surface area contributed by atoms with E-state index in [1.807, 2.05) is 62.5 Å². The summed E-state index contributed by atoms with van der Waals surface area (Å²) < 4.78 is 1.79. The van der Waals surface area contributed by atoms with Gasteiger partial charge >= 0.3 is 0 Å². The standard InChI is InChI=1S/C21H22N6.C2H6/c1-4-8-16(12-22-2)13-24-20-11-19(17-9-6-5-7-10-17)26-21-18(14-23-3)15-25-27(20)21;1-2/h4-12,14-15,24H,1,13H2,2-3H3;1-2H3/b16-8+,22-12?,23-14?;. The van der Waals surface area contributed by atoms with E-state index in [0.717, 1.165) is 33.9 Å². The SMILES string of the molecule is C=C/C=C(\C=NC)CNc1cc(-c2ccccc2)nc2c(C=NC)cnn12.CC. The maximum absolute atomic E-state index is 4.80. The van der Waals surface area contributed by atoms with Gasteiger partial charge in [0.2, 0.25) is 0 Å². The van der Waals surface area contributed by atoms with Gasteiger partial charge in [-0.2, -0.15) is 9.61 Å². The number of anilines is 1. The average Bonchev–Trinajstić information content (AvgIpc) is 3.17. The second-order valence-electron chi connectivity index (χ2n) is 5.83. The van der Waals surface area contributed by atoms with Crippen LogP contribution in [0.1, 0.15) is 19.4 Å². The Labute approximate surface area is 172 Å². The molecule has 29 heavy (non-hydrogen) atoms. The minimum Gasteiger partial charge on any atom is -0.366 e. The zero-order valence-electron chi connectivity index (χ0n) is 17.5. The Balaban J connectivity index is 0.00000145. The third-order valence-electron chi connectivity index (χ3n) is 3.94. The van der Waals surface area contributed by atoms with E-state index in [1.54, 1.807) is 37.1 Å². The van der Waals surface area contributed by atoms with Crippen LogP contribution in [-0.2, 0) is 0 Å². The van der Waals surface area contributed by atoms with Gasteiger partial charge in [-0.15, -0.1) is 0 Å². The third kappa shape index (κ3) is 5.48. The van der Waals surface area contributed by atoms with E-state index < -0.39 is 0 Å². The van der Waals surface area contributed by atoms with E-state index in [2.05, 4.69) is 27.0 Å². The van der Waals surface area contributed by atoms with Crippen LogP contribution >= 0.6 is 0 Å². The quantitative estimate of drug-likeness (QED) is 0.471. The Hall–Kier alpha value is -3.54. The Morgan fingerprint density at radius 3 is 2.59 bits per heavy atom. The number of aliphatic imine (C=N–C) groups is 2. The van der Waals surface area contributed by atoms with Crippen molar-refractivity contribution in [2.24, 2.45) is 9.98 Å². The number of rotatable bonds is 7. The largest absolute Gasteiger partial charge is 0.366 e. The molecule has 6 nitrogen and oxygen atoms in total. The van der Waals surface area contributed by atoms with Crippen molar-refractivity contribution in [1.29, 1.82) is 0 Å². The minimum absolute atomic E-state index is 0.591. The van der Waals surface area contributed by atoms with E-state index in [4.69, 9.17) is 4.98 Å². The summed E-state index contributed by atoms with van der Waals surface area (Å²) in [6.45, 7) is 8.35. The van der Waals surface area contributed by atoms with Gasteiger partial charge in [0.25, 0.3) is 0 Å². The predicted molar refractivity (Wildman–Crippen MR) is 124 cm³/mol. The summed E-state index contributed by atoms with van der Waals surface area (Å²) in [5.41, 5.74) is 4.55. The molecule has 0 radical (unpaired) electrons. The fourth-order valence-corrected chi connectivity index (χ4v) is 2.75. The topological polar surface area (TPSA) is 66.9 Å². The molecule has 150 valence electrons. The van der Waals surface area contributed by atoms with E-state index in [0.29, 0.717) is 6.54 Å². The fraction of sp³-hybridized carbons (Fsp3) is 0.217. The Kier molecular flexibility index (Phi) is 8.51. The van der Waals surface area contributed by atoms with Gasteiger partial charge in [0.15, 0.2) is 5.65 Å². The minimum atomic E-state index is 0.591. The molecule has 0 aliphatic rings. The van der Waals surface area contributed by atoms with Gasteiger partial charge in [0, 0.05) is 44.7 Å². The highest BCUT2D eigenvalue weighted by atomic mass is 15.3. The third-order valence-corrected chi connectivity index (χ3v) is 3.94. The summed E-state index contributed by atoms with van der Waals surface area (Å²) in [4.78, 5) is 13.0. The summed E-state index contributed by atoms with van der Waals surface area (Å²) in [6.07, 6.45) is 9.02. The van der Waals surface area contributed by atoms with Crippen LogP contribution in [0.25, 0.3) is 16.9 Å². The van der Waals surface area contributed by atoms with Gasteiger partial charge in [0.05, 0.1) is 17.5 Å². The van der Waals surface area contributed by atoms with Gasteiger partial charge in [-0.25, -0.2) is 4.98 Å². The number of nitrogens with one attached hydrogen (secondary N) is 1. The Bertz CT molecular complexity index is 1010. The molecular formula is C23H28N6. The number of nitrogens with zero attached hydrogens (tertiary/aromatic N) is 5. The fourth-order valence-electron chi connectivity index (χ4n) is 2.75. The van der Waals surface area contributed by atoms with Gasteiger partial charge < -0.3 is 5.32 Å². The van der Waals surface area contributed by atoms with Gasteiger partial charge in [-0.3, -0.25) is 9.98 Å². The molecule has 0 saturated carbocycles. The molecule has 6 heteroatoms. The number of aromatic nitrogens is 3. The zero-order chi connectivity index (χ0) is 21.1. The Morgan fingerprint density at radius 2 is 1.93 bits per heavy atom. The lowest BCUT2D eigenvalue weighted by Crippen LogP contribution is -2.11. The summed E-state index contributed by atoms with van der Waals surface area (Å²) in [5, 5.41) is 7.90. The summed E-state index contributed by atoms with van der Waals surface area (Å²) >= 11 is 0. The van der Waals surface area contributed by atoms with Crippen molar-refractivity contribution < 1.29 is 0 Å². The molecular weight excluding hydrogens is 360 g/mol. The highest BCUT2D eigenvalue weighted by Crippen LogP contribution is 2.23. The molecule has 2 heterocycles. The maximum atomic E-state index is 4.80. The van der Waals surface area contributed by atoms with Crippen LogP contribution in [-0.4, -0.2) is 47.7 Å². The first-order valence-electron chi connectivity index (χ1n) is 9.60. The van der Waals surface area contributed by atoms with Crippen molar-refractivity contribution in [3.05, 3.63) is 72.5 Å². The molecule has 0 bridgehead atoms. The van der Waals surface area contributed by atoms with Crippen molar-refractivity contribution >= 4 is 23.9 Å². The van der Waals surface area contributed by atoms with Crippen LogP contribution in [0.15, 0.2) is 76.9 Å². The zero-order valence-corrected chi connectivity index (χ0v) is 17.5. The molecule has 1 N–H and O–H groups in total. The number of hydrogen-bond donors (Lipinski definition) is 1. The van der Waals surface area contributed by atoms with Gasteiger partial charge in [-0.1, -0.05) is 62.9 Å². The molecule has 0 spiro atoms. The second-order valence-corrected chi connectivity index (χ2v) is 5.83. The first kappa shape index (κ1) is 21.8. The Morgan fingerprint density at radius 1 is 1.17 bits per heavy atom. The number of allylic oxidation sites excluding steroid dienone is 2. The van der Waals surface area contributed by atoms with Crippen LogP contribution in [0.5, 0.6) is 0 Å². The van der Waals surface area contributed by atoms with Crippen molar-refractivity contribution in [3.63, 3.8) is 0 Å². The molecule has 1 aromatic carbocycles. The number of fused-ring (bicyclic) bond motifs is 1. The highest BCUT2D eigenvalue weighted by Gasteiger charge is 2.12. The molecule has 0 saturated heterocycles. The normalized spacial score (nSPS) is 11.7. The van der Waals surface area contributed by atoms with E-state index in [-0.39, 0.29) is 0 Å². The summed E-state index contributed by atoms with van der Waals surface area (Å²) in [6, 6.07) is 12.1. The van der Waals surface area contributed by atoms with Crippen LogP contribution in [0.2, 0.25) is 0 Å². The summed E-state index contributed by atoms with van der Waals surface area (Å²) in [5.74, 6) is 0.842. The average molecular weight is 389 g/mol. The van der Waals surface area contributed by atoms with E-state index in [9.17, 15) is 0 Å². The number of hydrogen-bond acceptors (Lipinski definition) is 5. The van der Waals surface area contributed by atoms with Crippen LogP contribution in [0.3, 0.4) is 0 Å². The van der Waals surface area contributed by atoms with Crippen LogP contribution in [0, 0.1) is 0 Å². The van der Waals surface area contributed by atoms with Crippen molar-refractivity contribution in [1.82, 2.24) is 14.6 Å². The van der Waals surface area contributed by atoms with Crippen molar-refractivity contribution in [2.45, 2.75) is 13.8 Å². The molecule has 0 atom stereocenters. The lowest BCUT2D eigenvalue weighted by atomic mass is 10.1.